The van der Waals surface area contributed by atoms with Crippen LogP contribution < -0.4 is 5.32 Å². The molecule has 0 amide bonds. The highest BCUT2D eigenvalue weighted by Gasteiger charge is 2.24. The topological polar surface area (TPSA) is 12.0 Å². The van der Waals surface area contributed by atoms with E-state index in [0.29, 0.717) is 0 Å². The fourth-order valence-corrected chi connectivity index (χ4v) is 2.60. The Hall–Kier alpha value is -0.820. The summed E-state index contributed by atoms with van der Waals surface area (Å²) in [6.07, 6.45) is 4.00. The maximum absolute atomic E-state index is 3.56. The van der Waals surface area contributed by atoms with Crippen LogP contribution in [0.1, 0.15) is 43.2 Å². The molecular weight excluding hydrogens is 182 g/mol. The molecule has 0 heterocycles. The molecule has 2 atom stereocenters. The summed E-state index contributed by atoms with van der Waals surface area (Å²) in [5.41, 5.74) is 2.89. The third-order valence-corrected chi connectivity index (χ3v) is 3.47. The Balaban J connectivity index is 1.98. The van der Waals surface area contributed by atoms with Crippen LogP contribution in [0.2, 0.25) is 0 Å². The van der Waals surface area contributed by atoms with E-state index in [0.717, 1.165) is 18.5 Å². The molecule has 0 spiro atoms. The highest BCUT2D eigenvalue weighted by Crippen LogP contribution is 2.34. The first kappa shape index (κ1) is 10.7. The van der Waals surface area contributed by atoms with Crippen molar-refractivity contribution in [2.24, 2.45) is 0 Å². The lowest BCUT2D eigenvalue weighted by Gasteiger charge is -2.12. The van der Waals surface area contributed by atoms with E-state index < -0.39 is 0 Å². The highest BCUT2D eigenvalue weighted by molar-refractivity contribution is 5.25. The fourth-order valence-electron chi connectivity index (χ4n) is 2.60. The molecule has 1 aromatic carbocycles. The van der Waals surface area contributed by atoms with Gasteiger partial charge in [0, 0.05) is 6.04 Å². The van der Waals surface area contributed by atoms with Crippen molar-refractivity contribution in [3.63, 3.8) is 0 Å². The van der Waals surface area contributed by atoms with Crippen LogP contribution in [0.3, 0.4) is 0 Å². The Morgan fingerprint density at radius 3 is 2.60 bits per heavy atom. The monoisotopic (exact) mass is 203 g/mol. The first-order chi connectivity index (χ1) is 7.29. The molecule has 1 N–H and O–H groups in total. The predicted octanol–water partition coefficient (Wildman–Crippen LogP) is 3.24. The Morgan fingerprint density at radius 2 is 1.93 bits per heavy atom. The number of hydrogen-bond acceptors (Lipinski definition) is 1. The molecule has 1 aliphatic carbocycles. The molecule has 15 heavy (non-hydrogen) atoms. The maximum Gasteiger partial charge on any atom is 0.00729 e. The van der Waals surface area contributed by atoms with Crippen LogP contribution in [-0.2, 0) is 0 Å². The van der Waals surface area contributed by atoms with Gasteiger partial charge in [-0.05, 0) is 44.2 Å². The van der Waals surface area contributed by atoms with Crippen molar-refractivity contribution in [3.05, 3.63) is 35.4 Å². The maximum atomic E-state index is 3.56. The zero-order chi connectivity index (χ0) is 10.7. The molecule has 2 rings (SSSR count). The van der Waals surface area contributed by atoms with Gasteiger partial charge in [-0.15, -0.1) is 0 Å². The van der Waals surface area contributed by atoms with Crippen molar-refractivity contribution in [1.29, 1.82) is 0 Å². The molecule has 0 bridgehead atoms. The largest absolute Gasteiger partial charge is 0.314 e. The van der Waals surface area contributed by atoms with Gasteiger partial charge in [-0.25, -0.2) is 0 Å². The number of aryl methyl sites for hydroxylation is 1. The van der Waals surface area contributed by atoms with Crippen molar-refractivity contribution >= 4 is 0 Å². The van der Waals surface area contributed by atoms with Crippen LogP contribution in [0, 0.1) is 6.92 Å². The minimum atomic E-state index is 0.751. The van der Waals surface area contributed by atoms with Crippen LogP contribution in [0.4, 0.5) is 0 Å². The minimum Gasteiger partial charge on any atom is -0.314 e. The van der Waals surface area contributed by atoms with Gasteiger partial charge >= 0.3 is 0 Å². The molecule has 0 radical (unpaired) electrons. The summed E-state index contributed by atoms with van der Waals surface area (Å²) < 4.78 is 0. The van der Waals surface area contributed by atoms with Gasteiger partial charge < -0.3 is 5.32 Å². The summed E-state index contributed by atoms with van der Waals surface area (Å²) in [7, 11) is 0. The van der Waals surface area contributed by atoms with Crippen molar-refractivity contribution in [2.75, 3.05) is 6.54 Å². The van der Waals surface area contributed by atoms with E-state index in [1.165, 1.54) is 30.4 Å². The first-order valence-electron chi connectivity index (χ1n) is 6.09. The fraction of sp³-hybridized carbons (Fsp3) is 0.571. The molecule has 1 fully saturated rings. The van der Waals surface area contributed by atoms with Crippen LogP contribution in [0.25, 0.3) is 0 Å². The molecule has 0 saturated heterocycles. The molecule has 0 aliphatic heterocycles. The minimum absolute atomic E-state index is 0.751. The van der Waals surface area contributed by atoms with Gasteiger partial charge in [0.15, 0.2) is 0 Å². The lowest BCUT2D eigenvalue weighted by atomic mass is 9.96. The summed E-state index contributed by atoms with van der Waals surface area (Å²) in [6, 6.07) is 9.82. The predicted molar refractivity (Wildman–Crippen MR) is 65.2 cm³/mol. The smallest absolute Gasteiger partial charge is 0.00729 e. The Labute approximate surface area is 92.9 Å². The van der Waals surface area contributed by atoms with Crippen molar-refractivity contribution in [1.82, 2.24) is 5.32 Å². The summed E-state index contributed by atoms with van der Waals surface area (Å²) in [5, 5.41) is 3.56. The molecular formula is C14H21N. The van der Waals surface area contributed by atoms with Gasteiger partial charge in [-0.2, -0.15) is 0 Å². The van der Waals surface area contributed by atoms with Gasteiger partial charge in [0.05, 0.1) is 0 Å². The standard InChI is InChI=1S/C14H21N/c1-3-15-14-9-8-13(10-14)12-6-4-11(2)5-7-12/h4-7,13-15H,3,8-10H2,1-2H3. The number of hydrogen-bond donors (Lipinski definition) is 1. The molecule has 1 heteroatoms. The van der Waals surface area contributed by atoms with Crippen LogP contribution in [0.5, 0.6) is 0 Å². The van der Waals surface area contributed by atoms with E-state index in [1.54, 1.807) is 0 Å². The SMILES string of the molecule is CCNC1CCC(c2ccc(C)cc2)C1. The zero-order valence-corrected chi connectivity index (χ0v) is 9.79. The van der Waals surface area contributed by atoms with Crippen molar-refractivity contribution in [3.8, 4) is 0 Å². The first-order valence-corrected chi connectivity index (χ1v) is 6.09. The average molecular weight is 203 g/mol. The van der Waals surface area contributed by atoms with Gasteiger partial charge in [0.2, 0.25) is 0 Å². The average Bonchev–Trinajstić information content (AvgIpc) is 2.68. The van der Waals surface area contributed by atoms with Crippen LogP contribution >= 0.6 is 0 Å². The van der Waals surface area contributed by atoms with Gasteiger partial charge in [0.1, 0.15) is 0 Å². The molecule has 2 unspecified atom stereocenters. The molecule has 1 aromatic rings. The summed E-state index contributed by atoms with van der Waals surface area (Å²) in [6.45, 7) is 5.45. The van der Waals surface area contributed by atoms with E-state index in [9.17, 15) is 0 Å². The van der Waals surface area contributed by atoms with E-state index in [-0.39, 0.29) is 0 Å². The quantitative estimate of drug-likeness (QED) is 0.795. The number of nitrogens with one attached hydrogen (secondary N) is 1. The Kier molecular flexibility index (Phi) is 3.42. The summed E-state index contributed by atoms with van der Waals surface area (Å²) in [4.78, 5) is 0. The second kappa shape index (κ2) is 4.80. The van der Waals surface area contributed by atoms with Crippen molar-refractivity contribution < 1.29 is 0 Å². The molecule has 82 valence electrons. The highest BCUT2D eigenvalue weighted by atomic mass is 14.9. The van der Waals surface area contributed by atoms with Crippen molar-refractivity contribution in [2.45, 2.75) is 45.1 Å². The van der Waals surface area contributed by atoms with Crippen LogP contribution in [0.15, 0.2) is 24.3 Å². The Bertz CT molecular complexity index is 302. The number of benzene rings is 1. The van der Waals surface area contributed by atoms with E-state index in [2.05, 4.69) is 43.4 Å². The molecule has 1 saturated carbocycles. The normalized spacial score (nSPS) is 25.7. The molecule has 0 aromatic heterocycles. The summed E-state index contributed by atoms with van der Waals surface area (Å²) in [5.74, 6) is 0.787. The van der Waals surface area contributed by atoms with Gasteiger partial charge in [-0.3, -0.25) is 0 Å². The third kappa shape index (κ3) is 2.60. The molecule has 1 aliphatic rings. The lowest BCUT2D eigenvalue weighted by Crippen LogP contribution is -2.25. The van der Waals surface area contributed by atoms with E-state index in [4.69, 9.17) is 0 Å². The summed E-state index contributed by atoms with van der Waals surface area (Å²) >= 11 is 0. The second-order valence-corrected chi connectivity index (χ2v) is 4.68. The molecule has 1 nitrogen and oxygen atoms in total. The third-order valence-electron chi connectivity index (χ3n) is 3.47. The number of rotatable bonds is 3. The van der Waals surface area contributed by atoms with Gasteiger partial charge in [0.25, 0.3) is 0 Å². The lowest BCUT2D eigenvalue weighted by molar-refractivity contribution is 0.535. The van der Waals surface area contributed by atoms with E-state index >= 15 is 0 Å². The van der Waals surface area contributed by atoms with E-state index in [1.807, 2.05) is 0 Å². The van der Waals surface area contributed by atoms with Crippen LogP contribution in [-0.4, -0.2) is 12.6 Å². The Morgan fingerprint density at radius 1 is 1.20 bits per heavy atom. The van der Waals surface area contributed by atoms with Gasteiger partial charge in [-0.1, -0.05) is 36.8 Å². The zero-order valence-electron chi connectivity index (χ0n) is 9.79. The second-order valence-electron chi connectivity index (χ2n) is 4.68.